The third-order valence-electron chi connectivity index (χ3n) is 3.98. The highest BCUT2D eigenvalue weighted by atomic mass is 16.5. The van der Waals surface area contributed by atoms with E-state index in [1.807, 2.05) is 6.92 Å². The highest BCUT2D eigenvalue weighted by Gasteiger charge is 2.24. The molecule has 0 saturated carbocycles. The molecule has 24 heavy (non-hydrogen) atoms. The first-order valence-corrected chi connectivity index (χ1v) is 8.22. The minimum absolute atomic E-state index is 0.0542. The number of amides is 2. The van der Waals surface area contributed by atoms with E-state index in [-0.39, 0.29) is 23.6 Å². The minimum Gasteiger partial charge on any atom is -0.481 e. The lowest BCUT2D eigenvalue weighted by Gasteiger charge is -2.23. The third-order valence-corrected chi connectivity index (χ3v) is 3.98. The second-order valence-electron chi connectivity index (χ2n) is 6.20. The van der Waals surface area contributed by atoms with Gasteiger partial charge in [-0.05, 0) is 39.3 Å². The van der Waals surface area contributed by atoms with Gasteiger partial charge in [-0.3, -0.25) is 14.4 Å². The van der Waals surface area contributed by atoms with Gasteiger partial charge in [0.2, 0.25) is 5.91 Å². The van der Waals surface area contributed by atoms with Crippen LogP contribution in [0, 0.1) is 0 Å². The molecule has 1 fully saturated rings. The van der Waals surface area contributed by atoms with Crippen LogP contribution in [0.5, 0.6) is 5.75 Å². The average Bonchev–Trinajstić information content (AvgIpc) is 2.92. The Balaban J connectivity index is 1.86. The average molecular weight is 332 g/mol. The Morgan fingerprint density at radius 2 is 2.08 bits per heavy atom. The van der Waals surface area contributed by atoms with Gasteiger partial charge in [0.05, 0.1) is 0 Å². The molecular formula is C18H24N2O4. The van der Waals surface area contributed by atoms with E-state index >= 15 is 0 Å². The lowest BCUT2D eigenvalue weighted by Crippen LogP contribution is -2.46. The topological polar surface area (TPSA) is 75.7 Å². The normalized spacial score (nSPS) is 16.6. The standard InChI is InChI=1S/C18H24N2O4/c1-12(11-20-9-5-8-17(20)22)19-18(23)14(3)24-16-7-4-6-15(10-16)13(2)21/h4,6-7,10,12,14H,5,8-9,11H2,1-3H3,(H,19,23). The summed E-state index contributed by atoms with van der Waals surface area (Å²) in [5, 5.41) is 2.86. The summed E-state index contributed by atoms with van der Waals surface area (Å²) >= 11 is 0. The van der Waals surface area contributed by atoms with Crippen LogP contribution >= 0.6 is 0 Å². The molecule has 1 aromatic carbocycles. The van der Waals surface area contributed by atoms with E-state index < -0.39 is 6.10 Å². The van der Waals surface area contributed by atoms with Crippen LogP contribution in [0.25, 0.3) is 0 Å². The van der Waals surface area contributed by atoms with Gasteiger partial charge < -0.3 is 15.0 Å². The van der Waals surface area contributed by atoms with Crippen LogP contribution in [0.3, 0.4) is 0 Å². The van der Waals surface area contributed by atoms with Crippen molar-refractivity contribution in [1.29, 1.82) is 0 Å². The molecular weight excluding hydrogens is 308 g/mol. The monoisotopic (exact) mass is 332 g/mol. The Morgan fingerprint density at radius 1 is 1.33 bits per heavy atom. The Kier molecular flexibility index (Phi) is 5.95. The van der Waals surface area contributed by atoms with E-state index in [1.165, 1.54) is 6.92 Å². The number of ether oxygens (including phenoxy) is 1. The fourth-order valence-electron chi connectivity index (χ4n) is 2.68. The zero-order valence-corrected chi connectivity index (χ0v) is 14.4. The van der Waals surface area contributed by atoms with Gasteiger partial charge in [0.1, 0.15) is 5.75 Å². The van der Waals surface area contributed by atoms with Crippen molar-refractivity contribution in [1.82, 2.24) is 10.2 Å². The van der Waals surface area contributed by atoms with Crippen molar-refractivity contribution >= 4 is 17.6 Å². The summed E-state index contributed by atoms with van der Waals surface area (Å²) < 4.78 is 5.61. The Morgan fingerprint density at radius 3 is 2.71 bits per heavy atom. The smallest absolute Gasteiger partial charge is 0.261 e. The number of ketones is 1. The van der Waals surface area contributed by atoms with E-state index in [1.54, 1.807) is 36.1 Å². The fraction of sp³-hybridized carbons (Fsp3) is 0.500. The van der Waals surface area contributed by atoms with Gasteiger partial charge in [-0.15, -0.1) is 0 Å². The lowest BCUT2D eigenvalue weighted by molar-refractivity contribution is -0.130. The van der Waals surface area contributed by atoms with Crippen molar-refractivity contribution in [2.45, 2.75) is 45.8 Å². The number of carbonyl (C=O) groups is 3. The van der Waals surface area contributed by atoms with Gasteiger partial charge in [-0.1, -0.05) is 12.1 Å². The number of hydrogen-bond acceptors (Lipinski definition) is 4. The summed E-state index contributed by atoms with van der Waals surface area (Å²) in [5.74, 6) is 0.318. The summed E-state index contributed by atoms with van der Waals surface area (Å²) in [6.07, 6.45) is 0.780. The molecule has 0 aliphatic carbocycles. The molecule has 6 heteroatoms. The lowest BCUT2D eigenvalue weighted by atomic mass is 10.1. The van der Waals surface area contributed by atoms with Gasteiger partial charge in [0, 0.05) is 31.1 Å². The van der Waals surface area contributed by atoms with Gasteiger partial charge in [0.15, 0.2) is 11.9 Å². The van der Waals surface area contributed by atoms with Gasteiger partial charge >= 0.3 is 0 Å². The molecule has 0 radical (unpaired) electrons. The van der Waals surface area contributed by atoms with Gasteiger partial charge in [-0.2, -0.15) is 0 Å². The molecule has 1 saturated heterocycles. The van der Waals surface area contributed by atoms with E-state index in [9.17, 15) is 14.4 Å². The molecule has 1 N–H and O–H groups in total. The highest BCUT2D eigenvalue weighted by Crippen LogP contribution is 2.15. The van der Waals surface area contributed by atoms with Crippen LogP contribution in [0.4, 0.5) is 0 Å². The molecule has 1 aromatic rings. The van der Waals surface area contributed by atoms with E-state index in [0.29, 0.717) is 24.3 Å². The van der Waals surface area contributed by atoms with Crippen LogP contribution in [0.15, 0.2) is 24.3 Å². The molecule has 1 aliphatic rings. The van der Waals surface area contributed by atoms with Crippen LogP contribution in [0.1, 0.15) is 44.0 Å². The minimum atomic E-state index is -0.691. The van der Waals surface area contributed by atoms with Crippen molar-refractivity contribution in [3.8, 4) is 5.75 Å². The maximum absolute atomic E-state index is 12.2. The summed E-state index contributed by atoms with van der Waals surface area (Å²) in [7, 11) is 0. The Labute approximate surface area is 142 Å². The maximum atomic E-state index is 12.2. The summed E-state index contributed by atoms with van der Waals surface area (Å²) in [4.78, 5) is 37.0. The largest absolute Gasteiger partial charge is 0.481 e. The van der Waals surface area contributed by atoms with Crippen molar-refractivity contribution in [3.05, 3.63) is 29.8 Å². The van der Waals surface area contributed by atoms with Gasteiger partial charge in [0.25, 0.3) is 5.91 Å². The molecule has 1 heterocycles. The first-order chi connectivity index (χ1) is 11.4. The number of benzene rings is 1. The molecule has 0 spiro atoms. The van der Waals surface area contributed by atoms with Crippen molar-refractivity contribution in [2.75, 3.05) is 13.1 Å². The number of likely N-dealkylation sites (tertiary alicyclic amines) is 1. The van der Waals surface area contributed by atoms with Crippen LogP contribution < -0.4 is 10.1 Å². The van der Waals surface area contributed by atoms with E-state index in [2.05, 4.69) is 5.32 Å². The van der Waals surface area contributed by atoms with Crippen LogP contribution in [-0.2, 0) is 9.59 Å². The zero-order chi connectivity index (χ0) is 17.7. The number of carbonyl (C=O) groups excluding carboxylic acids is 3. The van der Waals surface area contributed by atoms with E-state index in [4.69, 9.17) is 4.74 Å². The molecule has 130 valence electrons. The number of nitrogens with zero attached hydrogens (tertiary/aromatic N) is 1. The second kappa shape index (κ2) is 7.95. The number of nitrogens with one attached hydrogen (secondary N) is 1. The van der Waals surface area contributed by atoms with Crippen LogP contribution in [0.2, 0.25) is 0 Å². The highest BCUT2D eigenvalue weighted by molar-refractivity contribution is 5.94. The molecule has 2 atom stereocenters. The SMILES string of the molecule is CC(=O)c1cccc(OC(C)C(=O)NC(C)CN2CCCC2=O)c1. The molecule has 2 unspecified atom stereocenters. The number of rotatable bonds is 7. The summed E-state index contributed by atoms with van der Waals surface area (Å²) in [6, 6.07) is 6.61. The first-order valence-electron chi connectivity index (χ1n) is 8.22. The molecule has 2 rings (SSSR count). The zero-order valence-electron chi connectivity index (χ0n) is 14.4. The van der Waals surface area contributed by atoms with Crippen molar-refractivity contribution in [2.24, 2.45) is 0 Å². The van der Waals surface area contributed by atoms with E-state index in [0.717, 1.165) is 13.0 Å². The number of Topliss-reactive ketones (excluding diaryl/α,β-unsaturated/α-hetero) is 1. The molecule has 0 bridgehead atoms. The summed E-state index contributed by atoms with van der Waals surface area (Å²) in [6.45, 7) is 6.27. The third kappa shape index (κ3) is 4.81. The predicted molar refractivity (Wildman–Crippen MR) is 90.0 cm³/mol. The van der Waals surface area contributed by atoms with Crippen LogP contribution in [-0.4, -0.2) is 47.7 Å². The molecule has 2 amide bonds. The predicted octanol–water partition coefficient (Wildman–Crippen LogP) is 1.78. The Bertz CT molecular complexity index is 629. The molecule has 6 nitrogen and oxygen atoms in total. The van der Waals surface area contributed by atoms with Gasteiger partial charge in [-0.25, -0.2) is 0 Å². The summed E-state index contributed by atoms with van der Waals surface area (Å²) in [5.41, 5.74) is 0.543. The quantitative estimate of drug-likeness (QED) is 0.772. The first kappa shape index (κ1) is 18.0. The maximum Gasteiger partial charge on any atom is 0.261 e. The van der Waals surface area contributed by atoms with Crippen molar-refractivity contribution in [3.63, 3.8) is 0 Å². The fourth-order valence-corrected chi connectivity index (χ4v) is 2.68. The van der Waals surface area contributed by atoms with Crippen molar-refractivity contribution < 1.29 is 19.1 Å². The molecule has 0 aromatic heterocycles. The second-order valence-corrected chi connectivity index (χ2v) is 6.20. The number of hydrogen-bond donors (Lipinski definition) is 1. The Hall–Kier alpha value is -2.37. The molecule has 1 aliphatic heterocycles.